The van der Waals surface area contributed by atoms with Crippen molar-refractivity contribution in [1.82, 2.24) is 5.32 Å². The lowest BCUT2D eigenvalue weighted by molar-refractivity contribution is 0.0820. The molecule has 1 saturated heterocycles. The van der Waals surface area contributed by atoms with E-state index >= 15 is 0 Å². The lowest BCUT2D eigenvalue weighted by atomic mass is 10.1. The fourth-order valence-corrected chi connectivity index (χ4v) is 4.57. The summed E-state index contributed by atoms with van der Waals surface area (Å²) in [5.74, 6) is 0. The van der Waals surface area contributed by atoms with Crippen LogP contribution in [0.5, 0.6) is 0 Å². The summed E-state index contributed by atoms with van der Waals surface area (Å²) in [5, 5.41) is 3.53. The zero-order valence-electron chi connectivity index (χ0n) is 11.1. The van der Waals surface area contributed by atoms with Gasteiger partial charge in [-0.05, 0) is 47.4 Å². The van der Waals surface area contributed by atoms with Crippen LogP contribution < -0.4 is 5.32 Å². The van der Waals surface area contributed by atoms with Gasteiger partial charge in [-0.1, -0.05) is 19.1 Å². The molecular formula is C14H20BrNO2S. The van der Waals surface area contributed by atoms with Crippen LogP contribution in [0.3, 0.4) is 0 Å². The van der Waals surface area contributed by atoms with E-state index in [2.05, 4.69) is 28.2 Å². The Morgan fingerprint density at radius 3 is 3.00 bits per heavy atom. The molecule has 19 heavy (non-hydrogen) atoms. The van der Waals surface area contributed by atoms with Gasteiger partial charge in [0.2, 0.25) is 0 Å². The highest BCUT2D eigenvalue weighted by Crippen LogP contribution is 2.25. The van der Waals surface area contributed by atoms with E-state index < -0.39 is 10.8 Å². The zero-order valence-corrected chi connectivity index (χ0v) is 13.5. The summed E-state index contributed by atoms with van der Waals surface area (Å²) in [6, 6.07) is 8.00. The van der Waals surface area contributed by atoms with Crippen molar-refractivity contribution < 1.29 is 8.95 Å². The van der Waals surface area contributed by atoms with Crippen LogP contribution in [0.1, 0.15) is 19.8 Å². The summed E-state index contributed by atoms with van der Waals surface area (Å²) in [4.78, 5) is 0.862. The van der Waals surface area contributed by atoms with Crippen molar-refractivity contribution >= 4 is 26.7 Å². The van der Waals surface area contributed by atoms with E-state index in [-0.39, 0.29) is 11.3 Å². The second-order valence-electron chi connectivity index (χ2n) is 4.69. The van der Waals surface area contributed by atoms with Crippen LogP contribution in [0.25, 0.3) is 0 Å². The Morgan fingerprint density at radius 2 is 2.26 bits per heavy atom. The third-order valence-corrected chi connectivity index (χ3v) is 6.05. The molecule has 0 saturated carbocycles. The van der Waals surface area contributed by atoms with Gasteiger partial charge in [-0.2, -0.15) is 0 Å². The van der Waals surface area contributed by atoms with Crippen LogP contribution >= 0.6 is 15.9 Å². The minimum Gasteiger partial charge on any atom is -0.380 e. The molecule has 0 aromatic heterocycles. The van der Waals surface area contributed by atoms with Crippen LogP contribution in [0, 0.1) is 0 Å². The summed E-state index contributed by atoms with van der Waals surface area (Å²) in [7, 11) is -1.05. The normalized spacial score (nSPS) is 25.2. The maximum absolute atomic E-state index is 12.8. The molecule has 2 rings (SSSR count). The van der Waals surface area contributed by atoms with Crippen molar-refractivity contribution in [3.05, 3.63) is 28.7 Å². The molecule has 106 valence electrons. The first kappa shape index (κ1) is 15.2. The minimum atomic E-state index is -1.05. The Morgan fingerprint density at radius 1 is 1.47 bits per heavy atom. The number of benzene rings is 1. The predicted octanol–water partition coefficient (Wildman–Crippen LogP) is 2.71. The average molecular weight is 346 g/mol. The van der Waals surface area contributed by atoms with Crippen molar-refractivity contribution in [3.63, 3.8) is 0 Å². The molecule has 0 aliphatic carbocycles. The van der Waals surface area contributed by atoms with Crippen LogP contribution in [-0.2, 0) is 15.5 Å². The third kappa shape index (κ3) is 3.88. The van der Waals surface area contributed by atoms with Gasteiger partial charge in [0, 0.05) is 17.1 Å². The summed E-state index contributed by atoms with van der Waals surface area (Å²) in [6.07, 6.45) is 2.02. The molecule has 0 spiro atoms. The molecule has 5 heteroatoms. The molecule has 1 aromatic rings. The SMILES string of the molecule is CCCNC1CCOCC1S(=O)c1ccccc1Br. The van der Waals surface area contributed by atoms with E-state index in [9.17, 15) is 4.21 Å². The lowest BCUT2D eigenvalue weighted by Crippen LogP contribution is -2.48. The lowest BCUT2D eigenvalue weighted by Gasteiger charge is -2.31. The molecule has 1 heterocycles. The van der Waals surface area contributed by atoms with Gasteiger partial charge in [0.1, 0.15) is 0 Å². The fourth-order valence-electron chi connectivity index (χ4n) is 2.26. The van der Waals surface area contributed by atoms with Crippen LogP contribution in [0.4, 0.5) is 0 Å². The van der Waals surface area contributed by atoms with Crippen molar-refractivity contribution in [2.45, 2.75) is 36.0 Å². The molecule has 0 amide bonds. The van der Waals surface area contributed by atoms with Gasteiger partial charge >= 0.3 is 0 Å². The van der Waals surface area contributed by atoms with Gasteiger partial charge in [-0.25, -0.2) is 0 Å². The quantitative estimate of drug-likeness (QED) is 0.891. The second kappa shape index (κ2) is 7.53. The van der Waals surface area contributed by atoms with Gasteiger partial charge in [-0.3, -0.25) is 4.21 Å². The van der Waals surface area contributed by atoms with E-state index in [0.29, 0.717) is 6.61 Å². The first-order chi connectivity index (χ1) is 9.24. The molecule has 1 aromatic carbocycles. The Hall–Kier alpha value is -0.230. The molecule has 1 fully saturated rings. The van der Waals surface area contributed by atoms with Crippen molar-refractivity contribution in [1.29, 1.82) is 0 Å². The Bertz CT molecular complexity index is 441. The Balaban J connectivity index is 2.13. The summed E-state index contributed by atoms with van der Waals surface area (Å²) in [6.45, 7) is 4.43. The summed E-state index contributed by atoms with van der Waals surface area (Å²) >= 11 is 3.48. The molecule has 3 nitrogen and oxygen atoms in total. The third-order valence-electron chi connectivity index (χ3n) is 3.29. The van der Waals surface area contributed by atoms with E-state index in [1.165, 1.54) is 0 Å². The number of nitrogens with one attached hydrogen (secondary N) is 1. The number of ether oxygens (including phenoxy) is 1. The molecular weight excluding hydrogens is 326 g/mol. The van der Waals surface area contributed by atoms with Crippen molar-refractivity contribution in [2.24, 2.45) is 0 Å². The fraction of sp³-hybridized carbons (Fsp3) is 0.571. The van der Waals surface area contributed by atoms with Gasteiger partial charge in [0.15, 0.2) is 0 Å². The minimum absolute atomic E-state index is 0.0269. The second-order valence-corrected chi connectivity index (χ2v) is 7.18. The smallest absolute Gasteiger partial charge is 0.0782 e. The van der Waals surface area contributed by atoms with Crippen LogP contribution in [-0.4, -0.2) is 35.3 Å². The first-order valence-electron chi connectivity index (χ1n) is 6.70. The van der Waals surface area contributed by atoms with E-state index in [1.54, 1.807) is 0 Å². The molecule has 0 radical (unpaired) electrons. The van der Waals surface area contributed by atoms with Gasteiger partial charge < -0.3 is 10.1 Å². The van der Waals surface area contributed by atoms with Crippen LogP contribution in [0.15, 0.2) is 33.6 Å². The maximum atomic E-state index is 12.8. The molecule has 3 atom stereocenters. The Kier molecular flexibility index (Phi) is 6.01. The molecule has 1 aliphatic heterocycles. The largest absolute Gasteiger partial charge is 0.380 e. The maximum Gasteiger partial charge on any atom is 0.0782 e. The number of halogens is 1. The highest BCUT2D eigenvalue weighted by atomic mass is 79.9. The predicted molar refractivity (Wildman–Crippen MR) is 81.9 cm³/mol. The van der Waals surface area contributed by atoms with Gasteiger partial charge in [0.25, 0.3) is 0 Å². The number of hydrogen-bond donors (Lipinski definition) is 1. The first-order valence-corrected chi connectivity index (χ1v) is 8.71. The highest BCUT2D eigenvalue weighted by Gasteiger charge is 2.31. The molecule has 0 bridgehead atoms. The monoisotopic (exact) mass is 345 g/mol. The highest BCUT2D eigenvalue weighted by molar-refractivity contribution is 9.10. The van der Waals surface area contributed by atoms with Crippen LogP contribution in [0.2, 0.25) is 0 Å². The number of rotatable bonds is 5. The Labute approximate surface area is 125 Å². The van der Waals surface area contributed by atoms with Gasteiger partial charge in [-0.15, -0.1) is 0 Å². The standard InChI is InChI=1S/C14H20BrNO2S/c1-2-8-16-12-7-9-18-10-14(12)19(17)13-6-4-3-5-11(13)15/h3-6,12,14,16H,2,7-10H2,1H3. The molecule has 1 aliphatic rings. The molecule has 1 N–H and O–H groups in total. The van der Waals surface area contributed by atoms with E-state index in [4.69, 9.17) is 4.74 Å². The van der Waals surface area contributed by atoms with E-state index in [1.807, 2.05) is 24.3 Å². The zero-order chi connectivity index (χ0) is 13.7. The van der Waals surface area contributed by atoms with Crippen molar-refractivity contribution in [2.75, 3.05) is 19.8 Å². The van der Waals surface area contributed by atoms with E-state index in [0.717, 1.165) is 35.4 Å². The average Bonchev–Trinajstić information content (AvgIpc) is 2.45. The van der Waals surface area contributed by atoms with Crippen molar-refractivity contribution in [3.8, 4) is 0 Å². The topological polar surface area (TPSA) is 38.3 Å². The summed E-state index contributed by atoms with van der Waals surface area (Å²) in [5.41, 5.74) is 0. The van der Waals surface area contributed by atoms with Gasteiger partial charge in [0.05, 0.1) is 27.6 Å². The summed E-state index contributed by atoms with van der Waals surface area (Å²) < 4.78 is 19.2. The molecule has 3 unspecified atom stereocenters. The number of hydrogen-bond acceptors (Lipinski definition) is 3.